The van der Waals surface area contributed by atoms with Gasteiger partial charge in [0.15, 0.2) is 0 Å². The molecule has 1 aliphatic rings. The molecule has 0 amide bonds. The number of hydrogen-bond donors (Lipinski definition) is 3. The lowest BCUT2D eigenvalue weighted by molar-refractivity contribution is 0.478. The lowest BCUT2D eigenvalue weighted by Crippen LogP contribution is -2.35. The number of benzene rings is 1. The van der Waals surface area contributed by atoms with E-state index in [1.165, 1.54) is 0 Å². The van der Waals surface area contributed by atoms with Crippen molar-refractivity contribution in [2.75, 3.05) is 18.4 Å². The number of hydrogen-bond acceptors (Lipinski definition) is 6. The van der Waals surface area contributed by atoms with Crippen molar-refractivity contribution < 1.29 is 0 Å². The predicted octanol–water partition coefficient (Wildman–Crippen LogP) is 2.36. The summed E-state index contributed by atoms with van der Waals surface area (Å²) in [7, 11) is 0. The second kappa shape index (κ2) is 6.49. The second-order valence-electron chi connectivity index (χ2n) is 6.27. The molecule has 3 heterocycles. The van der Waals surface area contributed by atoms with E-state index < -0.39 is 0 Å². The molecule has 0 bridgehead atoms. The van der Waals surface area contributed by atoms with Gasteiger partial charge in [0.2, 0.25) is 0 Å². The Morgan fingerprint density at radius 1 is 1.28 bits per heavy atom. The molecule has 2 aromatic heterocycles. The van der Waals surface area contributed by atoms with E-state index in [1.807, 2.05) is 19.1 Å². The summed E-state index contributed by atoms with van der Waals surface area (Å²) in [6.07, 6.45) is 3.93. The molecule has 1 fully saturated rings. The lowest BCUT2D eigenvalue weighted by atomic mass is 10.1. The van der Waals surface area contributed by atoms with Crippen LogP contribution in [0.4, 0.5) is 5.82 Å². The third-order valence-electron chi connectivity index (χ3n) is 4.59. The van der Waals surface area contributed by atoms with Crippen LogP contribution in [0.25, 0.3) is 22.3 Å². The molecule has 0 spiro atoms. The number of para-hydroxylation sites is 1. The Hall–Kier alpha value is -2.98. The molecule has 25 heavy (non-hydrogen) atoms. The van der Waals surface area contributed by atoms with Crippen LogP contribution in [0.2, 0.25) is 0 Å². The minimum Gasteiger partial charge on any atom is -0.366 e. The van der Waals surface area contributed by atoms with Gasteiger partial charge in [-0.25, -0.2) is 9.97 Å². The number of nitrogens with one attached hydrogen (secondary N) is 3. The van der Waals surface area contributed by atoms with Crippen LogP contribution in [0.15, 0.2) is 24.4 Å². The van der Waals surface area contributed by atoms with Crippen molar-refractivity contribution in [3.8, 4) is 17.5 Å². The van der Waals surface area contributed by atoms with Gasteiger partial charge in [0, 0.05) is 11.4 Å². The van der Waals surface area contributed by atoms with Crippen LogP contribution >= 0.6 is 0 Å². The number of aryl methyl sites for hydroxylation is 1. The first-order chi connectivity index (χ1) is 12.3. The fraction of sp³-hybridized carbons (Fsp3) is 0.333. The fourth-order valence-corrected chi connectivity index (χ4v) is 3.23. The van der Waals surface area contributed by atoms with Gasteiger partial charge in [-0.2, -0.15) is 10.4 Å². The molecule has 0 aliphatic carbocycles. The molecule has 126 valence electrons. The van der Waals surface area contributed by atoms with Gasteiger partial charge < -0.3 is 10.6 Å². The van der Waals surface area contributed by atoms with E-state index in [0.29, 0.717) is 17.1 Å². The number of aromatic amines is 1. The van der Waals surface area contributed by atoms with Gasteiger partial charge in [0.1, 0.15) is 23.1 Å². The van der Waals surface area contributed by atoms with E-state index >= 15 is 0 Å². The molecule has 1 aliphatic heterocycles. The number of H-pyrrole nitrogens is 1. The van der Waals surface area contributed by atoms with Crippen LogP contribution in [0.5, 0.6) is 0 Å². The van der Waals surface area contributed by atoms with Gasteiger partial charge in [-0.3, -0.25) is 5.10 Å². The fourth-order valence-electron chi connectivity index (χ4n) is 3.23. The molecule has 7 heteroatoms. The first-order valence-corrected chi connectivity index (χ1v) is 8.44. The average Bonchev–Trinajstić information content (AvgIpc) is 3.08. The summed E-state index contributed by atoms with van der Waals surface area (Å²) in [6, 6.07) is 8.16. The Bertz CT molecular complexity index is 948. The summed E-state index contributed by atoms with van der Waals surface area (Å²) in [4.78, 5) is 9.26. The number of rotatable bonds is 3. The maximum atomic E-state index is 9.21. The Labute approximate surface area is 145 Å². The molecule has 0 unspecified atom stereocenters. The van der Waals surface area contributed by atoms with Crippen molar-refractivity contribution in [3.63, 3.8) is 0 Å². The van der Waals surface area contributed by atoms with E-state index in [4.69, 9.17) is 4.98 Å². The molecule has 3 N–H and O–H groups in total. The van der Waals surface area contributed by atoms with Gasteiger partial charge in [-0.05, 0) is 38.9 Å². The maximum absolute atomic E-state index is 9.21. The predicted molar refractivity (Wildman–Crippen MR) is 96.1 cm³/mol. The molecule has 1 saturated heterocycles. The average molecular weight is 333 g/mol. The van der Waals surface area contributed by atoms with Crippen LogP contribution in [0.3, 0.4) is 0 Å². The number of fused-ring (bicyclic) bond motifs is 1. The molecule has 0 atom stereocenters. The van der Waals surface area contributed by atoms with Crippen molar-refractivity contribution in [2.45, 2.75) is 25.8 Å². The Balaban J connectivity index is 1.66. The van der Waals surface area contributed by atoms with Crippen molar-refractivity contribution in [1.82, 2.24) is 25.5 Å². The number of aromatic nitrogens is 4. The van der Waals surface area contributed by atoms with E-state index in [-0.39, 0.29) is 0 Å². The number of anilines is 1. The normalized spacial score (nSPS) is 15.2. The maximum Gasteiger partial charge on any atom is 0.147 e. The summed E-state index contributed by atoms with van der Waals surface area (Å²) in [5.41, 5.74) is 3.59. The van der Waals surface area contributed by atoms with Crippen LogP contribution in [-0.4, -0.2) is 39.3 Å². The zero-order chi connectivity index (χ0) is 17.2. The summed E-state index contributed by atoms with van der Waals surface area (Å²) >= 11 is 0. The van der Waals surface area contributed by atoms with E-state index in [9.17, 15) is 5.26 Å². The van der Waals surface area contributed by atoms with E-state index in [0.717, 1.165) is 54.2 Å². The van der Waals surface area contributed by atoms with Crippen molar-refractivity contribution in [3.05, 3.63) is 35.7 Å². The highest BCUT2D eigenvalue weighted by Gasteiger charge is 2.16. The highest BCUT2D eigenvalue weighted by atomic mass is 15.1. The van der Waals surface area contributed by atoms with E-state index in [1.54, 1.807) is 12.3 Å². The van der Waals surface area contributed by atoms with Gasteiger partial charge >= 0.3 is 0 Å². The zero-order valence-electron chi connectivity index (χ0n) is 14.0. The monoisotopic (exact) mass is 333 g/mol. The quantitative estimate of drug-likeness (QED) is 0.680. The van der Waals surface area contributed by atoms with Crippen LogP contribution in [-0.2, 0) is 0 Å². The van der Waals surface area contributed by atoms with Gasteiger partial charge in [0.25, 0.3) is 0 Å². The highest BCUT2D eigenvalue weighted by Crippen LogP contribution is 2.27. The summed E-state index contributed by atoms with van der Waals surface area (Å²) in [5.74, 6) is 0.831. The minimum absolute atomic E-state index is 0.436. The second-order valence-corrected chi connectivity index (χ2v) is 6.27. The van der Waals surface area contributed by atoms with Gasteiger partial charge in [-0.1, -0.05) is 12.1 Å². The minimum atomic E-state index is 0.436. The van der Waals surface area contributed by atoms with Crippen molar-refractivity contribution in [1.29, 1.82) is 5.26 Å². The first kappa shape index (κ1) is 15.5. The first-order valence-electron chi connectivity index (χ1n) is 8.44. The van der Waals surface area contributed by atoms with Crippen LogP contribution in [0, 0.1) is 18.3 Å². The summed E-state index contributed by atoms with van der Waals surface area (Å²) < 4.78 is 0. The van der Waals surface area contributed by atoms with Crippen molar-refractivity contribution >= 4 is 16.7 Å². The number of nitrogens with zero attached hydrogens (tertiary/aromatic N) is 4. The molecule has 1 aromatic carbocycles. The Kier molecular flexibility index (Phi) is 4.04. The summed E-state index contributed by atoms with van der Waals surface area (Å²) in [5, 5.41) is 24.2. The van der Waals surface area contributed by atoms with Gasteiger partial charge in [0.05, 0.1) is 23.1 Å². The molecule has 0 saturated carbocycles. The van der Waals surface area contributed by atoms with E-state index in [2.05, 4.69) is 31.9 Å². The van der Waals surface area contributed by atoms with Gasteiger partial charge in [-0.15, -0.1) is 0 Å². The highest BCUT2D eigenvalue weighted by molar-refractivity contribution is 5.94. The molecule has 0 radical (unpaired) electrons. The molecular weight excluding hydrogens is 314 g/mol. The number of piperidine rings is 1. The molecule has 3 aromatic rings. The zero-order valence-corrected chi connectivity index (χ0v) is 14.0. The third-order valence-corrected chi connectivity index (χ3v) is 4.59. The topological polar surface area (TPSA) is 102 Å². The number of nitriles is 1. The van der Waals surface area contributed by atoms with Crippen LogP contribution in [0.1, 0.15) is 24.1 Å². The lowest BCUT2D eigenvalue weighted by Gasteiger charge is -2.24. The Morgan fingerprint density at radius 3 is 2.88 bits per heavy atom. The molecular formula is C18H19N7. The SMILES string of the molecule is Cc1nc(-c2[nH]nc3c(C#N)cccc23)cnc1NC1CCNCC1. The smallest absolute Gasteiger partial charge is 0.147 e. The van der Waals surface area contributed by atoms with Crippen LogP contribution < -0.4 is 10.6 Å². The van der Waals surface area contributed by atoms with Crippen molar-refractivity contribution in [2.24, 2.45) is 0 Å². The Morgan fingerprint density at radius 2 is 2.12 bits per heavy atom. The standard InChI is InChI=1S/C18H19N7/c1-11-18(23-13-5-7-20-8-6-13)21-10-15(22-11)17-14-4-2-3-12(9-19)16(14)24-25-17/h2-4,10,13,20H,5-8H2,1H3,(H,21,23)(H,24,25). The summed E-state index contributed by atoms with van der Waals surface area (Å²) in [6.45, 7) is 4.02. The molecule has 7 nitrogen and oxygen atoms in total. The molecule has 4 rings (SSSR count). The largest absolute Gasteiger partial charge is 0.366 e. The third kappa shape index (κ3) is 2.92.